The minimum atomic E-state index is -0.556. The van der Waals surface area contributed by atoms with Gasteiger partial charge in [0, 0.05) is 24.0 Å². The average Bonchev–Trinajstić information content (AvgIpc) is 2.81. The zero-order valence-electron chi connectivity index (χ0n) is 23.5. The van der Waals surface area contributed by atoms with E-state index in [0.29, 0.717) is 14.3 Å². The number of benzene rings is 3. The first-order chi connectivity index (χ1) is 17.3. The predicted molar refractivity (Wildman–Crippen MR) is 162 cm³/mol. The van der Waals surface area contributed by atoms with E-state index >= 15 is 0 Å². The van der Waals surface area contributed by atoms with Crippen LogP contribution in [0.15, 0.2) is 60.7 Å². The summed E-state index contributed by atoms with van der Waals surface area (Å²) in [6.07, 6.45) is 0. The van der Waals surface area contributed by atoms with Crippen molar-refractivity contribution in [1.82, 2.24) is 4.90 Å². The molecule has 6 heteroatoms. The Morgan fingerprint density at radius 1 is 0.865 bits per heavy atom. The molecule has 0 fully saturated rings. The molecule has 1 N–H and O–H groups in total. The Balaban J connectivity index is 0.00000153. The van der Waals surface area contributed by atoms with E-state index in [-0.39, 0.29) is 10.8 Å². The third kappa shape index (κ3) is 9.68. The fourth-order valence-corrected chi connectivity index (χ4v) is 5.62. The van der Waals surface area contributed by atoms with Crippen molar-refractivity contribution in [3.05, 3.63) is 88.5 Å². The van der Waals surface area contributed by atoms with Crippen molar-refractivity contribution in [3.63, 3.8) is 0 Å². The van der Waals surface area contributed by atoms with Gasteiger partial charge in [0.05, 0.1) is 0 Å². The summed E-state index contributed by atoms with van der Waals surface area (Å²) in [6, 6.07) is 21.8. The van der Waals surface area contributed by atoms with Crippen LogP contribution in [0.25, 0.3) is 0 Å². The van der Waals surface area contributed by atoms with Crippen molar-refractivity contribution < 1.29 is 22.1 Å². The molecule has 0 saturated carbocycles. The van der Waals surface area contributed by atoms with Gasteiger partial charge in [-0.25, -0.2) is 0 Å². The number of aromatic hydroxyl groups is 1. The summed E-state index contributed by atoms with van der Waals surface area (Å²) in [7, 11) is 10.2. The van der Waals surface area contributed by atoms with Crippen molar-refractivity contribution in [2.24, 2.45) is 0 Å². The summed E-state index contributed by atoms with van der Waals surface area (Å²) in [5.74, 6) is 0.463. The first-order valence-electron chi connectivity index (χ1n) is 12.8. The summed E-state index contributed by atoms with van der Waals surface area (Å²) in [5, 5.41) is 13.8. The number of phenolic OH excluding ortho intramolecular Hbond substituents is 1. The number of nitrogens with zero attached hydrogens (tertiary/aromatic N) is 1. The molecule has 2 nitrogen and oxygen atoms in total. The first kappa shape index (κ1) is 32.4. The summed E-state index contributed by atoms with van der Waals surface area (Å²) in [4.78, 5) is 2.49. The number of hydrogen-bond donors (Lipinski definition) is 1. The second kappa shape index (κ2) is 14.5. The molecule has 0 heterocycles. The average molecular weight is 594 g/mol. The van der Waals surface area contributed by atoms with E-state index < -0.39 is 17.0 Å². The van der Waals surface area contributed by atoms with Gasteiger partial charge in [-0.2, -0.15) is 0 Å². The molecule has 3 rings (SSSR count). The maximum absolute atomic E-state index is 11.4. The topological polar surface area (TPSA) is 23.5 Å². The molecule has 37 heavy (non-hydrogen) atoms. The predicted octanol–water partition coefficient (Wildman–Crippen LogP) is 8.32. The molecule has 0 aliphatic rings. The van der Waals surface area contributed by atoms with Gasteiger partial charge in [0.25, 0.3) is 0 Å². The number of hydrogen-bond acceptors (Lipinski definition) is 2. The Bertz CT molecular complexity index is 1140. The van der Waals surface area contributed by atoms with Gasteiger partial charge in [-0.1, -0.05) is 112 Å². The molecular formula is C31H42Cl2NOPTi. The molecule has 0 aliphatic carbocycles. The van der Waals surface area contributed by atoms with Crippen LogP contribution >= 0.6 is 27.2 Å². The van der Waals surface area contributed by atoms with E-state index in [0.717, 1.165) is 30.5 Å². The van der Waals surface area contributed by atoms with Crippen LogP contribution in [0.3, 0.4) is 0 Å². The molecule has 0 saturated heterocycles. The third-order valence-electron chi connectivity index (χ3n) is 6.49. The quantitative estimate of drug-likeness (QED) is 0.220. The molecule has 3 aromatic rings. The molecule has 200 valence electrons. The van der Waals surface area contributed by atoms with Crippen molar-refractivity contribution in [2.75, 3.05) is 6.54 Å². The zero-order valence-corrected chi connectivity index (χ0v) is 27.6. The fraction of sp³-hybridized carbons (Fsp3) is 0.419. The molecule has 0 spiro atoms. The van der Waals surface area contributed by atoms with Crippen molar-refractivity contribution in [3.8, 4) is 5.75 Å². The van der Waals surface area contributed by atoms with Crippen LogP contribution in [0.2, 0.25) is 0 Å². The van der Waals surface area contributed by atoms with Gasteiger partial charge < -0.3 is 5.11 Å². The first-order valence-corrected chi connectivity index (χ1v) is 18.1. The molecule has 1 atom stereocenters. The third-order valence-corrected chi connectivity index (χ3v) is 8.11. The van der Waals surface area contributed by atoms with Crippen LogP contribution in [0.5, 0.6) is 5.75 Å². The summed E-state index contributed by atoms with van der Waals surface area (Å²) >= 11 is -0.556. The van der Waals surface area contributed by atoms with Gasteiger partial charge in [-0.3, -0.25) is 4.90 Å². The van der Waals surface area contributed by atoms with Gasteiger partial charge in [-0.15, -0.1) is 0 Å². The Hall–Kier alpha value is -0.856. The van der Waals surface area contributed by atoms with Crippen LogP contribution in [-0.4, -0.2) is 16.6 Å². The molecule has 0 aromatic heterocycles. The van der Waals surface area contributed by atoms with Crippen LogP contribution < -0.4 is 10.6 Å². The monoisotopic (exact) mass is 593 g/mol. The van der Waals surface area contributed by atoms with Gasteiger partial charge >= 0.3 is 35.6 Å². The van der Waals surface area contributed by atoms with E-state index in [1.165, 1.54) is 27.6 Å². The molecule has 3 aromatic carbocycles. The standard InChI is InChI=1S/C31H42NOP.2ClH.Ti/c1-9-32(20-23-15-11-10-12-16-23)21-24-17-13-14-22(2)29(24)34-27-19-25(30(3,4)5)18-26(28(27)33)31(6,7)8;;;/h10-19,33-34H,9,20-21H2,1-8H3;2*1H;/q;;;+2/p-2. The van der Waals surface area contributed by atoms with Crippen LogP contribution in [0.1, 0.15) is 76.3 Å². The number of rotatable bonds is 7. The van der Waals surface area contributed by atoms with Gasteiger partial charge in [0.1, 0.15) is 5.75 Å². The molecular weight excluding hydrogens is 552 g/mol. The Labute approximate surface area is 243 Å². The van der Waals surface area contributed by atoms with E-state index in [1.54, 1.807) is 0 Å². The van der Waals surface area contributed by atoms with E-state index in [9.17, 15) is 5.11 Å². The van der Waals surface area contributed by atoms with Crippen molar-refractivity contribution >= 4 is 37.8 Å². The zero-order chi connectivity index (χ0) is 27.8. The second-order valence-corrected chi connectivity index (χ2v) is 15.4. The fourth-order valence-electron chi connectivity index (χ4n) is 4.27. The molecule has 1 unspecified atom stereocenters. The Morgan fingerprint density at radius 3 is 2.03 bits per heavy atom. The molecule has 0 radical (unpaired) electrons. The van der Waals surface area contributed by atoms with E-state index in [2.05, 4.69) is 121 Å². The van der Waals surface area contributed by atoms with Crippen LogP contribution in [0.4, 0.5) is 0 Å². The Kier molecular flexibility index (Phi) is 12.7. The van der Waals surface area contributed by atoms with Crippen LogP contribution in [-0.2, 0) is 41.0 Å². The Morgan fingerprint density at radius 2 is 1.49 bits per heavy atom. The van der Waals surface area contributed by atoms with Gasteiger partial charge in [0.2, 0.25) is 0 Å². The molecule has 0 aliphatic heterocycles. The number of halogens is 2. The number of aryl methyl sites for hydroxylation is 1. The molecule has 0 amide bonds. The van der Waals surface area contributed by atoms with E-state index in [4.69, 9.17) is 18.6 Å². The summed E-state index contributed by atoms with van der Waals surface area (Å²) in [6.45, 7) is 20.6. The maximum atomic E-state index is 11.4. The van der Waals surface area contributed by atoms with Gasteiger partial charge in [0.15, 0.2) is 0 Å². The second-order valence-electron chi connectivity index (χ2n) is 11.5. The van der Waals surface area contributed by atoms with Gasteiger partial charge in [-0.05, 0) is 57.9 Å². The SMILES string of the molecule is CCN(Cc1ccccc1)Cc1cccc(C)c1Pc1cc(C(C)(C)C)cc(C(C)(C)C)c1O.[Cl][Ti][Cl]. The minimum absolute atomic E-state index is 0.0240. The summed E-state index contributed by atoms with van der Waals surface area (Å²) < 4.78 is 0. The number of phenols is 1. The normalized spacial score (nSPS) is 12.1. The molecule has 0 bridgehead atoms. The van der Waals surface area contributed by atoms with Crippen LogP contribution in [0, 0.1) is 6.92 Å². The van der Waals surface area contributed by atoms with Crippen molar-refractivity contribution in [1.29, 1.82) is 0 Å². The van der Waals surface area contributed by atoms with Crippen molar-refractivity contribution in [2.45, 2.75) is 79.3 Å². The van der Waals surface area contributed by atoms with E-state index in [1.807, 2.05) is 0 Å². The summed E-state index contributed by atoms with van der Waals surface area (Å²) in [5.41, 5.74) is 6.22.